The molecule has 146 valence electrons. The number of aromatic amines is 1. The lowest BCUT2D eigenvalue weighted by molar-refractivity contribution is 0.0725. The highest BCUT2D eigenvalue weighted by Crippen LogP contribution is 2.22. The number of H-pyrrole nitrogens is 1. The zero-order chi connectivity index (χ0) is 20.0. The smallest absolute Gasteiger partial charge is 0.285 e. The van der Waals surface area contributed by atoms with Gasteiger partial charge >= 0.3 is 0 Å². The lowest BCUT2D eigenvalue weighted by Gasteiger charge is -2.24. The quantitative estimate of drug-likeness (QED) is 0.579. The van der Waals surface area contributed by atoms with Crippen molar-refractivity contribution < 1.29 is 9.21 Å². The number of benzene rings is 1. The molecule has 0 aliphatic carbocycles. The van der Waals surface area contributed by atoms with E-state index in [1.54, 1.807) is 11.0 Å². The Hall–Kier alpha value is -3.68. The van der Waals surface area contributed by atoms with Crippen LogP contribution in [0.25, 0.3) is 5.65 Å². The number of nitrogens with zero attached hydrogens (tertiary/aromatic N) is 4. The molecular weight excluding hydrogens is 370 g/mol. The van der Waals surface area contributed by atoms with E-state index < -0.39 is 5.56 Å². The predicted octanol–water partition coefficient (Wildman–Crippen LogP) is 2.11. The molecule has 4 aromatic rings. The van der Waals surface area contributed by atoms with Crippen LogP contribution in [0.15, 0.2) is 51.8 Å². The van der Waals surface area contributed by atoms with Gasteiger partial charge in [-0.3, -0.25) is 14.7 Å². The number of oxazole rings is 1. The van der Waals surface area contributed by atoms with E-state index >= 15 is 0 Å². The SMILES string of the molecule is Cc1cc2ncc(C(=O)N3CCc4oc(Cc5ccccc5)nc4C3)c(=O)n2[nH]1. The summed E-state index contributed by atoms with van der Waals surface area (Å²) in [5.41, 5.74) is 2.81. The third kappa shape index (κ3) is 3.12. The standard InChI is InChI=1S/C21H19N5O3/c1-13-9-18-22-11-15(21(28)26(18)24-13)20(27)25-8-7-17-16(12-25)23-19(29-17)10-14-5-3-2-4-6-14/h2-6,9,11,24H,7-8,10,12H2,1H3. The molecule has 5 rings (SSSR count). The molecule has 0 saturated heterocycles. The maximum atomic E-state index is 13.0. The van der Waals surface area contributed by atoms with Gasteiger partial charge in [-0.25, -0.2) is 14.5 Å². The molecule has 29 heavy (non-hydrogen) atoms. The summed E-state index contributed by atoms with van der Waals surface area (Å²) >= 11 is 0. The fraction of sp³-hybridized carbons (Fsp3) is 0.238. The van der Waals surface area contributed by atoms with Gasteiger partial charge in [0.15, 0.2) is 11.5 Å². The minimum absolute atomic E-state index is 0.0424. The number of amides is 1. The minimum Gasteiger partial charge on any atom is -0.445 e. The number of aromatic nitrogens is 4. The van der Waals surface area contributed by atoms with Gasteiger partial charge in [-0.2, -0.15) is 0 Å². The second-order valence-corrected chi connectivity index (χ2v) is 7.23. The lowest BCUT2D eigenvalue weighted by atomic mass is 10.1. The summed E-state index contributed by atoms with van der Waals surface area (Å²) in [6.45, 7) is 2.62. The highest BCUT2D eigenvalue weighted by Gasteiger charge is 2.28. The molecule has 8 heteroatoms. The number of carbonyl (C=O) groups excluding carboxylic acids is 1. The Bertz CT molecular complexity index is 1270. The largest absolute Gasteiger partial charge is 0.445 e. The topological polar surface area (TPSA) is 96.5 Å². The molecule has 4 heterocycles. The number of hydrogen-bond donors (Lipinski definition) is 1. The van der Waals surface area contributed by atoms with Crippen molar-refractivity contribution in [3.05, 3.63) is 87.1 Å². The Labute approximate surface area is 165 Å². The number of nitrogens with one attached hydrogen (secondary N) is 1. The van der Waals surface area contributed by atoms with Crippen molar-refractivity contribution in [3.8, 4) is 0 Å². The highest BCUT2D eigenvalue weighted by molar-refractivity contribution is 5.93. The second-order valence-electron chi connectivity index (χ2n) is 7.23. The average molecular weight is 389 g/mol. The Morgan fingerprint density at radius 3 is 2.93 bits per heavy atom. The molecule has 1 aliphatic heterocycles. The number of rotatable bonds is 3. The highest BCUT2D eigenvalue weighted by atomic mass is 16.4. The molecule has 1 amide bonds. The van der Waals surface area contributed by atoms with Crippen LogP contribution in [0.4, 0.5) is 0 Å². The molecule has 3 aromatic heterocycles. The number of fused-ring (bicyclic) bond motifs is 2. The monoisotopic (exact) mass is 389 g/mol. The first-order valence-electron chi connectivity index (χ1n) is 9.46. The van der Waals surface area contributed by atoms with Gasteiger partial charge in [-0.1, -0.05) is 30.3 Å². The van der Waals surface area contributed by atoms with E-state index in [0.29, 0.717) is 37.5 Å². The van der Waals surface area contributed by atoms with Crippen LogP contribution in [0, 0.1) is 6.92 Å². The molecule has 8 nitrogen and oxygen atoms in total. The maximum absolute atomic E-state index is 13.0. The summed E-state index contributed by atoms with van der Waals surface area (Å²) < 4.78 is 7.19. The Kier molecular flexibility index (Phi) is 4.04. The predicted molar refractivity (Wildman–Crippen MR) is 105 cm³/mol. The van der Waals surface area contributed by atoms with Crippen molar-refractivity contribution in [2.75, 3.05) is 6.54 Å². The molecule has 0 bridgehead atoms. The molecule has 0 spiro atoms. The first-order chi connectivity index (χ1) is 14.1. The normalized spacial score (nSPS) is 13.6. The van der Waals surface area contributed by atoms with Crippen molar-refractivity contribution in [1.82, 2.24) is 24.5 Å². The van der Waals surface area contributed by atoms with E-state index in [-0.39, 0.29) is 11.5 Å². The van der Waals surface area contributed by atoms with Gasteiger partial charge in [0.25, 0.3) is 11.5 Å². The third-order valence-corrected chi connectivity index (χ3v) is 5.11. The van der Waals surface area contributed by atoms with Gasteiger partial charge in [0.1, 0.15) is 17.0 Å². The zero-order valence-corrected chi connectivity index (χ0v) is 15.9. The summed E-state index contributed by atoms with van der Waals surface area (Å²) in [5.74, 6) is 1.10. The summed E-state index contributed by atoms with van der Waals surface area (Å²) in [4.78, 5) is 36.1. The molecule has 0 atom stereocenters. The number of hydrogen-bond acceptors (Lipinski definition) is 5. The molecule has 0 fully saturated rings. The van der Waals surface area contributed by atoms with Crippen LogP contribution in [-0.2, 0) is 19.4 Å². The van der Waals surface area contributed by atoms with Crippen LogP contribution in [-0.4, -0.2) is 36.9 Å². The van der Waals surface area contributed by atoms with E-state index in [1.165, 1.54) is 10.7 Å². The lowest BCUT2D eigenvalue weighted by Crippen LogP contribution is -2.39. The van der Waals surface area contributed by atoms with Gasteiger partial charge in [-0.05, 0) is 12.5 Å². The van der Waals surface area contributed by atoms with E-state index in [1.807, 2.05) is 37.3 Å². The molecule has 0 radical (unpaired) electrons. The summed E-state index contributed by atoms with van der Waals surface area (Å²) in [6, 6.07) is 11.7. The van der Waals surface area contributed by atoms with Gasteiger partial charge in [-0.15, -0.1) is 0 Å². The second kappa shape index (κ2) is 6.73. The molecule has 0 unspecified atom stereocenters. The van der Waals surface area contributed by atoms with E-state index in [4.69, 9.17) is 4.42 Å². The van der Waals surface area contributed by atoms with Crippen molar-refractivity contribution in [3.63, 3.8) is 0 Å². The Morgan fingerprint density at radius 2 is 2.10 bits per heavy atom. The van der Waals surface area contributed by atoms with Gasteiger partial charge in [0.05, 0.1) is 6.54 Å². The number of carbonyl (C=O) groups is 1. The van der Waals surface area contributed by atoms with E-state index in [0.717, 1.165) is 22.7 Å². The minimum atomic E-state index is -0.399. The fourth-order valence-corrected chi connectivity index (χ4v) is 3.67. The van der Waals surface area contributed by atoms with Crippen LogP contribution in [0.3, 0.4) is 0 Å². The molecule has 1 N–H and O–H groups in total. The zero-order valence-electron chi connectivity index (χ0n) is 15.9. The van der Waals surface area contributed by atoms with Gasteiger partial charge in [0.2, 0.25) is 0 Å². The summed E-state index contributed by atoms with van der Waals surface area (Å²) in [7, 11) is 0. The molecule has 0 saturated carbocycles. The van der Waals surface area contributed by atoms with Crippen LogP contribution < -0.4 is 5.56 Å². The van der Waals surface area contributed by atoms with Gasteiger partial charge < -0.3 is 9.32 Å². The average Bonchev–Trinajstić information content (AvgIpc) is 3.30. The van der Waals surface area contributed by atoms with Gasteiger partial charge in [0, 0.05) is 37.3 Å². The summed E-state index contributed by atoms with van der Waals surface area (Å²) in [5, 5.41) is 2.91. The van der Waals surface area contributed by atoms with E-state index in [9.17, 15) is 9.59 Å². The number of aryl methyl sites for hydroxylation is 1. The van der Waals surface area contributed by atoms with Crippen molar-refractivity contribution >= 4 is 11.6 Å². The molecular formula is C21H19N5O3. The van der Waals surface area contributed by atoms with E-state index in [2.05, 4.69) is 15.1 Å². The fourth-order valence-electron chi connectivity index (χ4n) is 3.67. The van der Waals surface area contributed by atoms with Crippen LogP contribution in [0.1, 0.15) is 39.0 Å². The van der Waals surface area contributed by atoms with Crippen LogP contribution >= 0.6 is 0 Å². The van der Waals surface area contributed by atoms with Crippen molar-refractivity contribution in [2.45, 2.75) is 26.3 Å². The maximum Gasteiger partial charge on any atom is 0.285 e. The van der Waals surface area contributed by atoms with Crippen LogP contribution in [0.2, 0.25) is 0 Å². The Morgan fingerprint density at radius 1 is 1.28 bits per heavy atom. The third-order valence-electron chi connectivity index (χ3n) is 5.11. The first kappa shape index (κ1) is 17.4. The van der Waals surface area contributed by atoms with Crippen molar-refractivity contribution in [1.29, 1.82) is 0 Å². The molecule has 1 aliphatic rings. The van der Waals surface area contributed by atoms with Crippen LogP contribution in [0.5, 0.6) is 0 Å². The molecule has 1 aromatic carbocycles. The Balaban J connectivity index is 1.39. The first-order valence-corrected chi connectivity index (χ1v) is 9.46. The van der Waals surface area contributed by atoms with Crippen molar-refractivity contribution in [2.24, 2.45) is 0 Å². The summed E-state index contributed by atoms with van der Waals surface area (Å²) in [6.07, 6.45) is 2.53.